The zero-order valence-corrected chi connectivity index (χ0v) is 20.0. The third-order valence-corrected chi connectivity index (χ3v) is 7.38. The van der Waals surface area contributed by atoms with Crippen molar-refractivity contribution in [2.75, 3.05) is 31.5 Å². The van der Waals surface area contributed by atoms with Crippen molar-refractivity contribution in [2.24, 2.45) is 0 Å². The molecule has 0 saturated carbocycles. The Morgan fingerprint density at radius 3 is 2.83 bits per heavy atom. The third kappa shape index (κ3) is 3.85. The van der Waals surface area contributed by atoms with Gasteiger partial charge in [-0.3, -0.25) is 14.6 Å². The number of nitrogens with one attached hydrogen (secondary N) is 2. The summed E-state index contributed by atoms with van der Waals surface area (Å²) in [6.45, 7) is 8.52. The second-order valence-corrected chi connectivity index (χ2v) is 9.57. The van der Waals surface area contributed by atoms with Crippen LogP contribution in [-0.4, -0.2) is 61.5 Å². The monoisotopic (exact) mass is 467 g/mol. The van der Waals surface area contributed by atoms with Crippen molar-refractivity contribution in [3.05, 3.63) is 66.0 Å². The molecule has 9 heteroatoms. The standard InChI is InChI=1S/C26H29N9/c1-17(24-5-3-4-7-29-24)32-25-9-19(14-34-26(25)20(10-27)11-30-34)23-13-31-35(18(23)2)22-15-33(16-22)21-6-8-28-12-21/h3-5,7,9,11,13-14,17,21-22,28,32H,6,8,12,15-16H2,1-2H3/t17-,21+/m1/s1. The van der Waals surface area contributed by atoms with Crippen LogP contribution >= 0.6 is 0 Å². The molecular weight excluding hydrogens is 438 g/mol. The highest BCUT2D eigenvalue weighted by molar-refractivity contribution is 5.83. The predicted molar refractivity (Wildman–Crippen MR) is 134 cm³/mol. The molecule has 0 bridgehead atoms. The Kier molecular flexibility index (Phi) is 5.47. The van der Waals surface area contributed by atoms with Crippen LogP contribution in [0.5, 0.6) is 0 Å². The first-order valence-electron chi connectivity index (χ1n) is 12.2. The van der Waals surface area contributed by atoms with Gasteiger partial charge in [0.1, 0.15) is 11.6 Å². The highest BCUT2D eigenvalue weighted by Crippen LogP contribution is 2.34. The quantitative estimate of drug-likeness (QED) is 0.449. The molecule has 2 saturated heterocycles. The zero-order valence-electron chi connectivity index (χ0n) is 20.0. The van der Waals surface area contributed by atoms with E-state index >= 15 is 0 Å². The summed E-state index contributed by atoms with van der Waals surface area (Å²) in [4.78, 5) is 7.04. The van der Waals surface area contributed by atoms with E-state index in [9.17, 15) is 5.26 Å². The predicted octanol–water partition coefficient (Wildman–Crippen LogP) is 3.16. The summed E-state index contributed by atoms with van der Waals surface area (Å²) in [7, 11) is 0. The minimum Gasteiger partial charge on any atom is -0.375 e. The first kappa shape index (κ1) is 21.8. The van der Waals surface area contributed by atoms with Crippen LogP contribution in [0.15, 0.2) is 49.1 Å². The molecule has 0 unspecified atom stereocenters. The van der Waals surface area contributed by atoms with Crippen LogP contribution in [0.2, 0.25) is 0 Å². The van der Waals surface area contributed by atoms with Gasteiger partial charge >= 0.3 is 0 Å². The smallest absolute Gasteiger partial charge is 0.107 e. The molecule has 2 atom stereocenters. The first-order chi connectivity index (χ1) is 17.1. The van der Waals surface area contributed by atoms with Crippen LogP contribution in [-0.2, 0) is 0 Å². The van der Waals surface area contributed by atoms with Crippen LogP contribution in [0.4, 0.5) is 5.69 Å². The lowest BCUT2D eigenvalue weighted by atomic mass is 10.0. The largest absolute Gasteiger partial charge is 0.375 e. The molecule has 4 aromatic rings. The van der Waals surface area contributed by atoms with E-state index in [2.05, 4.69) is 56.3 Å². The van der Waals surface area contributed by atoms with Crippen molar-refractivity contribution < 1.29 is 0 Å². The van der Waals surface area contributed by atoms with Crippen LogP contribution in [0.25, 0.3) is 16.6 Å². The lowest BCUT2D eigenvalue weighted by Crippen LogP contribution is -2.53. The van der Waals surface area contributed by atoms with E-state index in [1.54, 1.807) is 16.9 Å². The van der Waals surface area contributed by atoms with Crippen LogP contribution in [0.1, 0.15) is 42.4 Å². The Hall–Kier alpha value is -3.74. The molecule has 2 aliphatic rings. The van der Waals surface area contributed by atoms with E-state index in [4.69, 9.17) is 5.10 Å². The minimum atomic E-state index is -0.0356. The molecule has 35 heavy (non-hydrogen) atoms. The SMILES string of the molecule is Cc1c(-c2cc(N[C@H](C)c3ccccn3)c3c(C#N)cnn3c2)cnn1C1CN([C@H]2CCNC2)C1. The first-order valence-corrected chi connectivity index (χ1v) is 12.2. The average molecular weight is 468 g/mol. The second kappa shape index (κ2) is 8.80. The summed E-state index contributed by atoms with van der Waals surface area (Å²) in [5.74, 6) is 0. The van der Waals surface area contributed by atoms with E-state index in [0.29, 0.717) is 17.6 Å². The van der Waals surface area contributed by atoms with E-state index in [1.807, 2.05) is 30.6 Å². The number of likely N-dealkylation sites (tertiary alicyclic amines) is 1. The number of hydrogen-bond acceptors (Lipinski definition) is 7. The van der Waals surface area contributed by atoms with E-state index in [1.165, 1.54) is 6.42 Å². The second-order valence-electron chi connectivity index (χ2n) is 9.57. The molecule has 6 rings (SSSR count). The highest BCUT2D eigenvalue weighted by atomic mass is 15.4. The maximum atomic E-state index is 9.66. The Labute approximate surface area is 204 Å². The number of fused-ring (bicyclic) bond motifs is 1. The molecule has 6 heterocycles. The van der Waals surface area contributed by atoms with Gasteiger partial charge in [0.05, 0.1) is 41.4 Å². The summed E-state index contributed by atoms with van der Waals surface area (Å²) in [6, 6.07) is 11.3. The number of rotatable bonds is 6. The lowest BCUT2D eigenvalue weighted by molar-refractivity contribution is 0.0595. The molecule has 0 aliphatic carbocycles. The summed E-state index contributed by atoms with van der Waals surface area (Å²) in [5, 5.41) is 25.9. The van der Waals surface area contributed by atoms with Crippen LogP contribution < -0.4 is 10.6 Å². The minimum absolute atomic E-state index is 0.0356. The van der Waals surface area contributed by atoms with Crippen molar-refractivity contribution in [3.63, 3.8) is 0 Å². The van der Waals surface area contributed by atoms with Gasteiger partial charge in [0.15, 0.2) is 0 Å². The molecule has 0 aromatic carbocycles. The van der Waals surface area contributed by atoms with Crippen molar-refractivity contribution in [2.45, 2.75) is 38.4 Å². The molecule has 4 aromatic heterocycles. The fourth-order valence-corrected chi connectivity index (χ4v) is 5.37. The van der Waals surface area contributed by atoms with Crippen molar-refractivity contribution in [1.29, 1.82) is 5.26 Å². The molecule has 2 fully saturated rings. The topological polar surface area (TPSA) is 99.1 Å². The molecule has 9 nitrogen and oxygen atoms in total. The van der Waals surface area contributed by atoms with Crippen molar-refractivity contribution >= 4 is 11.2 Å². The third-order valence-electron chi connectivity index (χ3n) is 7.38. The van der Waals surface area contributed by atoms with E-state index in [0.717, 1.165) is 59.9 Å². The van der Waals surface area contributed by atoms with Crippen LogP contribution in [0.3, 0.4) is 0 Å². The number of hydrogen-bond donors (Lipinski definition) is 2. The molecule has 0 amide bonds. The van der Waals surface area contributed by atoms with Gasteiger partial charge in [-0.2, -0.15) is 15.5 Å². The van der Waals surface area contributed by atoms with Crippen molar-refractivity contribution in [1.82, 2.24) is 34.6 Å². The molecule has 0 radical (unpaired) electrons. The van der Waals surface area contributed by atoms with Crippen molar-refractivity contribution in [3.8, 4) is 17.2 Å². The van der Waals surface area contributed by atoms with Gasteiger partial charge in [-0.05, 0) is 45.0 Å². The Morgan fingerprint density at radius 2 is 2.09 bits per heavy atom. The number of nitrogens with zero attached hydrogens (tertiary/aromatic N) is 7. The number of pyridine rings is 2. The number of aromatic nitrogens is 5. The van der Waals surface area contributed by atoms with Gasteiger partial charge in [-0.15, -0.1) is 0 Å². The van der Waals surface area contributed by atoms with E-state index in [-0.39, 0.29) is 6.04 Å². The number of anilines is 1. The Balaban J connectivity index is 1.32. The molecule has 2 aliphatic heterocycles. The summed E-state index contributed by atoms with van der Waals surface area (Å²) < 4.78 is 3.96. The Bertz CT molecular complexity index is 1390. The van der Waals surface area contributed by atoms with E-state index < -0.39 is 0 Å². The zero-order chi connectivity index (χ0) is 23.9. The summed E-state index contributed by atoms with van der Waals surface area (Å²) in [5.41, 5.74) is 6.33. The number of nitriles is 1. The normalized spacial score (nSPS) is 19.5. The van der Waals surface area contributed by atoms with Gasteiger partial charge in [0.2, 0.25) is 0 Å². The summed E-state index contributed by atoms with van der Waals surface area (Å²) in [6.07, 6.45) is 8.58. The lowest BCUT2D eigenvalue weighted by Gasteiger charge is -2.43. The fraction of sp³-hybridized carbons (Fsp3) is 0.385. The van der Waals surface area contributed by atoms with Gasteiger partial charge < -0.3 is 10.6 Å². The average Bonchev–Trinajstić information content (AvgIpc) is 3.60. The van der Waals surface area contributed by atoms with Gasteiger partial charge in [0, 0.05) is 54.9 Å². The molecule has 2 N–H and O–H groups in total. The molecular formula is C26H29N9. The summed E-state index contributed by atoms with van der Waals surface area (Å²) >= 11 is 0. The molecule has 0 spiro atoms. The van der Waals surface area contributed by atoms with Crippen LogP contribution in [0, 0.1) is 18.3 Å². The van der Waals surface area contributed by atoms with Gasteiger partial charge in [0.25, 0.3) is 0 Å². The molecule has 178 valence electrons. The maximum Gasteiger partial charge on any atom is 0.107 e. The maximum absolute atomic E-state index is 9.66. The Morgan fingerprint density at radius 1 is 1.20 bits per heavy atom. The van der Waals surface area contributed by atoms with Gasteiger partial charge in [-0.1, -0.05) is 6.07 Å². The van der Waals surface area contributed by atoms with Gasteiger partial charge in [-0.25, -0.2) is 4.52 Å². The fourth-order valence-electron chi connectivity index (χ4n) is 5.37. The highest BCUT2D eigenvalue weighted by Gasteiger charge is 2.36.